The van der Waals surface area contributed by atoms with Crippen LogP contribution in [0.4, 0.5) is 28.4 Å². The predicted octanol–water partition coefficient (Wildman–Crippen LogP) is 8.00. The molecule has 5 unspecified atom stereocenters. The molecule has 0 amide bonds. The van der Waals surface area contributed by atoms with Gasteiger partial charge in [-0.15, -0.1) is 0 Å². The number of aryl methyl sites for hydroxylation is 3. The minimum absolute atomic E-state index is 0.0390. The minimum Gasteiger partial charge on any atom is -0.430 e. The molecular weight excluding hydrogens is 1100 g/mol. The lowest BCUT2D eigenvalue weighted by Crippen LogP contribution is -2.28. The van der Waals surface area contributed by atoms with E-state index in [9.17, 15) is 52.3 Å². The molecule has 5 saturated heterocycles. The summed E-state index contributed by atoms with van der Waals surface area (Å²) in [6.45, 7) is 11.3. The molecule has 0 aliphatic carbocycles. The molecule has 26 heteroatoms. The van der Waals surface area contributed by atoms with Crippen LogP contribution in [0.5, 0.6) is 28.7 Å². The number of carbonyl (C=O) groups is 10. The summed E-state index contributed by atoms with van der Waals surface area (Å²) in [5.74, 6) is -2.55. The number of halogens is 1. The topological polar surface area (TPSA) is 309 Å². The third-order valence-electron chi connectivity index (χ3n) is 11.0. The maximum absolute atomic E-state index is 13.1. The number of benzene rings is 5. The predicted molar refractivity (Wildman–Crippen MR) is 274 cm³/mol. The Hall–Kier alpha value is -10.3. The van der Waals surface area contributed by atoms with Crippen molar-refractivity contribution in [3.8, 4) is 28.7 Å². The molecule has 0 bridgehead atoms. The van der Waals surface area contributed by atoms with Crippen molar-refractivity contribution in [2.24, 2.45) is 0 Å². The zero-order valence-corrected chi connectivity index (χ0v) is 45.1. The van der Waals surface area contributed by atoms with E-state index in [1.807, 2.05) is 63.2 Å². The van der Waals surface area contributed by atoms with Gasteiger partial charge in [-0.05, 0) is 97.5 Å². The Labute approximate surface area is 471 Å². The van der Waals surface area contributed by atoms with E-state index in [0.29, 0.717) is 23.0 Å². The quantitative estimate of drug-likeness (QED) is 0.0726. The van der Waals surface area contributed by atoms with Crippen LogP contribution in [0, 0.1) is 26.6 Å². The highest BCUT2D eigenvalue weighted by Gasteiger charge is 2.37. The Balaban J connectivity index is 0.000000167. The van der Waals surface area contributed by atoms with Gasteiger partial charge in [0.2, 0.25) is 30.5 Å². The van der Waals surface area contributed by atoms with Gasteiger partial charge in [-0.1, -0.05) is 93.1 Å². The van der Waals surface area contributed by atoms with Crippen LogP contribution in [0.1, 0.15) is 43.0 Å². The van der Waals surface area contributed by atoms with E-state index in [2.05, 4.69) is 68.1 Å². The lowest BCUT2D eigenvalue weighted by Gasteiger charge is -2.19. The fraction of sp³-hybridized carbons (Fsp3) is 0.298. The highest BCUT2D eigenvalue weighted by molar-refractivity contribution is 5.84. The lowest BCUT2D eigenvalue weighted by molar-refractivity contribution is -0.142. The van der Waals surface area contributed by atoms with Gasteiger partial charge in [0.25, 0.3) is 0 Å². The number of cyclic esters (lactones) is 10. The Morgan fingerprint density at radius 2 is 0.747 bits per heavy atom. The van der Waals surface area contributed by atoms with Crippen molar-refractivity contribution in [1.82, 2.24) is 0 Å². The van der Waals surface area contributed by atoms with E-state index in [1.165, 1.54) is 18.2 Å². The largest absolute Gasteiger partial charge is 0.509 e. The first-order valence-electron chi connectivity index (χ1n) is 24.8. The molecule has 5 aliphatic rings. The van der Waals surface area contributed by atoms with Crippen molar-refractivity contribution < 1.29 is 123 Å². The van der Waals surface area contributed by atoms with Gasteiger partial charge in [-0.2, -0.15) is 0 Å². The van der Waals surface area contributed by atoms with Gasteiger partial charge in [-0.25, -0.2) is 52.3 Å². The van der Waals surface area contributed by atoms with Crippen LogP contribution in [-0.2, 0) is 76.8 Å². The minimum atomic E-state index is -1.13. The molecule has 0 radical (unpaired) electrons. The molecule has 25 nitrogen and oxygen atoms in total. The number of hydrogen-bond donors (Lipinski definition) is 0. The second kappa shape index (κ2) is 29.3. The zero-order chi connectivity index (χ0) is 60.2. The molecule has 5 fully saturated rings. The van der Waals surface area contributed by atoms with Crippen molar-refractivity contribution in [3.63, 3.8) is 0 Å². The molecule has 0 aromatic heterocycles. The summed E-state index contributed by atoms with van der Waals surface area (Å²) in [6, 6.07) is 33.8. The maximum atomic E-state index is 13.1. The Bertz CT molecular complexity index is 3070. The third kappa shape index (κ3) is 19.8. The SMILES string of the molecule is CC(C)(C)c1ccc(OC(=O)C2COC(=O)O2)cc1.Cc1ccc(OC(=O)C2COC(=O)O2)cc1.Cc1cccc(OC(=O)C2COC(=O)O2)c1.Cc1ccccc1OC(=O)C1COC(=O)O1.O=C1OCC(C(=O)Oc2ccccc2F)O1. The van der Waals surface area contributed by atoms with Gasteiger partial charge in [-0.3, -0.25) is 0 Å². The van der Waals surface area contributed by atoms with E-state index in [1.54, 1.807) is 54.6 Å². The van der Waals surface area contributed by atoms with Crippen LogP contribution in [0.25, 0.3) is 0 Å². The van der Waals surface area contributed by atoms with E-state index in [4.69, 9.17) is 23.7 Å². The van der Waals surface area contributed by atoms with E-state index >= 15 is 0 Å². The molecule has 10 rings (SSSR count). The number of ether oxygens (including phenoxy) is 15. The van der Waals surface area contributed by atoms with Crippen LogP contribution in [0.3, 0.4) is 0 Å². The number of carbonyl (C=O) groups excluding carboxylic acids is 10. The van der Waals surface area contributed by atoms with Crippen molar-refractivity contribution in [1.29, 1.82) is 0 Å². The molecule has 0 spiro atoms. The van der Waals surface area contributed by atoms with E-state index in [0.717, 1.165) is 28.3 Å². The number of hydrogen-bond acceptors (Lipinski definition) is 25. The molecule has 5 atom stereocenters. The van der Waals surface area contributed by atoms with Crippen LogP contribution >= 0.6 is 0 Å². The first kappa shape index (κ1) is 61.9. The summed E-state index contributed by atoms with van der Waals surface area (Å²) >= 11 is 0. The average Bonchev–Trinajstić information content (AvgIpc) is 4.36. The molecule has 5 aliphatic heterocycles. The van der Waals surface area contributed by atoms with Crippen molar-refractivity contribution in [2.75, 3.05) is 33.0 Å². The number of rotatable bonds is 10. The third-order valence-corrected chi connectivity index (χ3v) is 11.0. The molecule has 438 valence electrons. The fourth-order valence-corrected chi connectivity index (χ4v) is 6.62. The maximum Gasteiger partial charge on any atom is 0.509 e. The van der Waals surface area contributed by atoms with E-state index in [-0.39, 0.29) is 44.2 Å². The van der Waals surface area contributed by atoms with Crippen LogP contribution in [0.15, 0.2) is 121 Å². The summed E-state index contributed by atoms with van der Waals surface area (Å²) in [6.07, 6.45) is -9.31. The van der Waals surface area contributed by atoms with Crippen LogP contribution in [0.2, 0.25) is 0 Å². The highest BCUT2D eigenvalue weighted by Crippen LogP contribution is 2.26. The average molecular weight is 1160 g/mol. The van der Waals surface area contributed by atoms with E-state index < -0.39 is 97.0 Å². The first-order valence-corrected chi connectivity index (χ1v) is 24.8. The van der Waals surface area contributed by atoms with Crippen molar-refractivity contribution in [2.45, 2.75) is 77.5 Å². The smallest absolute Gasteiger partial charge is 0.430 e. The van der Waals surface area contributed by atoms with Gasteiger partial charge in [0, 0.05) is 0 Å². The molecule has 83 heavy (non-hydrogen) atoms. The molecule has 5 heterocycles. The summed E-state index contributed by atoms with van der Waals surface area (Å²) in [7, 11) is 0. The summed E-state index contributed by atoms with van der Waals surface area (Å²) in [5.41, 5.74) is 4.06. The number of para-hydroxylation sites is 2. The van der Waals surface area contributed by atoms with Crippen LogP contribution < -0.4 is 23.7 Å². The fourth-order valence-electron chi connectivity index (χ4n) is 6.62. The van der Waals surface area contributed by atoms with Crippen molar-refractivity contribution >= 4 is 60.6 Å². The van der Waals surface area contributed by atoms with Gasteiger partial charge in [0.1, 0.15) is 56.0 Å². The zero-order valence-electron chi connectivity index (χ0n) is 45.1. The Morgan fingerprint density at radius 1 is 0.398 bits per heavy atom. The first-order chi connectivity index (χ1) is 39.5. The summed E-state index contributed by atoms with van der Waals surface area (Å²) < 4.78 is 83.3. The molecule has 5 aromatic rings. The second-order valence-electron chi connectivity index (χ2n) is 18.5. The van der Waals surface area contributed by atoms with Gasteiger partial charge < -0.3 is 71.1 Å². The normalized spacial score (nSPS) is 18.8. The molecule has 0 N–H and O–H groups in total. The van der Waals surface area contributed by atoms with Gasteiger partial charge in [0.15, 0.2) is 11.6 Å². The Kier molecular flexibility index (Phi) is 21.8. The molecule has 0 saturated carbocycles. The monoisotopic (exact) mass is 1160 g/mol. The second-order valence-corrected chi connectivity index (χ2v) is 18.5. The van der Waals surface area contributed by atoms with Gasteiger partial charge >= 0.3 is 60.6 Å². The van der Waals surface area contributed by atoms with Crippen molar-refractivity contribution in [3.05, 3.63) is 149 Å². The van der Waals surface area contributed by atoms with Gasteiger partial charge in [0.05, 0.1) is 0 Å². The van der Waals surface area contributed by atoms with Crippen LogP contribution in [-0.4, -0.2) is 124 Å². The highest BCUT2D eigenvalue weighted by atomic mass is 19.1. The standard InChI is InChI=1S/C14H16O5.3C11H10O5.C10H7FO5/c1-14(2,3)9-4-6-10(7-5-9)18-12(15)11-8-17-13(16)19-11;1-7-2-4-8(5-3-7)15-10(12)9-6-14-11(13)16-9;1-7-3-2-4-8(5-7)15-10(12)9-6-14-11(13)16-9;1-7-4-2-3-5-8(7)15-10(12)9-6-14-11(13)16-9;11-6-3-1-2-4-7(6)15-9(12)8-5-14-10(13)16-8/h4-7,11H,8H2,1-3H3;3*2-5,9H,6H2,1H3;1-4,8H,5H2. The number of esters is 5. The Morgan fingerprint density at radius 3 is 1.11 bits per heavy atom. The summed E-state index contributed by atoms with van der Waals surface area (Å²) in [4.78, 5) is 111. The lowest BCUT2D eigenvalue weighted by atomic mass is 9.87. The molecule has 5 aromatic carbocycles. The molecular formula is C57H53FO25. The summed E-state index contributed by atoms with van der Waals surface area (Å²) in [5, 5.41) is 0.